The average molecular weight is 436 g/mol. The minimum atomic E-state index is -2.35. The number of benzene rings is 1. The second kappa shape index (κ2) is 11.4. The van der Waals surface area contributed by atoms with Crippen molar-refractivity contribution in [2.24, 2.45) is 0 Å². The molecule has 0 aliphatic heterocycles. The van der Waals surface area contributed by atoms with Crippen LogP contribution in [0.1, 0.15) is 26.3 Å². The van der Waals surface area contributed by atoms with Gasteiger partial charge in [-0.25, -0.2) is 9.59 Å². The van der Waals surface area contributed by atoms with Gasteiger partial charge in [-0.2, -0.15) is 0 Å². The lowest BCUT2D eigenvalue weighted by atomic mass is 9.89. The van der Waals surface area contributed by atoms with Gasteiger partial charge in [0, 0.05) is 18.9 Å². The quantitative estimate of drug-likeness (QED) is 0.178. The van der Waals surface area contributed by atoms with E-state index in [-0.39, 0.29) is 36.9 Å². The topological polar surface area (TPSA) is 143 Å². The molecule has 0 heterocycles. The summed E-state index contributed by atoms with van der Waals surface area (Å²) in [6.45, 7) is 3.70. The molecule has 0 bridgehead atoms. The normalized spacial score (nSPS) is 10.4. The maximum Gasteiger partial charge on any atom is 0.344 e. The van der Waals surface area contributed by atoms with E-state index in [1.54, 1.807) is 0 Å². The van der Waals surface area contributed by atoms with Gasteiger partial charge in [-0.05, 0) is 19.9 Å². The van der Waals surface area contributed by atoms with E-state index < -0.39 is 40.4 Å². The second-order valence-corrected chi connectivity index (χ2v) is 6.09. The van der Waals surface area contributed by atoms with Crippen molar-refractivity contribution in [3.05, 3.63) is 27.8 Å². The van der Waals surface area contributed by atoms with E-state index in [2.05, 4.69) is 11.2 Å². The number of esters is 2. The molecule has 11 nitrogen and oxygen atoms in total. The van der Waals surface area contributed by atoms with E-state index in [1.807, 2.05) is 0 Å². The van der Waals surface area contributed by atoms with Crippen LogP contribution in [0.3, 0.4) is 0 Å². The Hall–Kier alpha value is -3.81. The van der Waals surface area contributed by atoms with Crippen LogP contribution in [0.4, 0.5) is 5.69 Å². The Labute approximate surface area is 179 Å². The van der Waals surface area contributed by atoms with Gasteiger partial charge in [0.15, 0.2) is 11.5 Å². The van der Waals surface area contributed by atoms with Crippen molar-refractivity contribution in [3.8, 4) is 23.8 Å². The summed E-state index contributed by atoms with van der Waals surface area (Å²) in [4.78, 5) is 48.4. The Morgan fingerprint density at radius 2 is 1.74 bits per heavy atom. The predicted molar refractivity (Wildman–Crippen MR) is 107 cm³/mol. The van der Waals surface area contributed by atoms with E-state index in [4.69, 9.17) is 25.4 Å². The molecule has 168 valence electrons. The Morgan fingerprint density at radius 3 is 2.16 bits per heavy atom. The minimum Gasteiger partial charge on any atom is -0.493 e. The highest BCUT2D eigenvalue weighted by molar-refractivity contribution is 6.08. The van der Waals surface area contributed by atoms with Gasteiger partial charge in [0.1, 0.15) is 6.61 Å². The standard InChI is InChI=1S/C20H24N2O9/c1-6-9-31-17-11-15(22(26)27)14(10-16(17)28-5)12-20(21-13(4)23,18(24)29-7-2)19(25)30-8-3/h1,10-11H,7-9,12H2,2-5H3,(H,21,23). The van der Waals surface area contributed by atoms with Crippen LogP contribution in [-0.4, -0.2) is 55.2 Å². The molecule has 1 N–H and O–H groups in total. The lowest BCUT2D eigenvalue weighted by molar-refractivity contribution is -0.385. The van der Waals surface area contributed by atoms with Crippen LogP contribution in [0, 0.1) is 22.5 Å². The highest BCUT2D eigenvalue weighted by atomic mass is 16.6. The number of nitrogens with zero attached hydrogens (tertiary/aromatic N) is 1. The monoisotopic (exact) mass is 436 g/mol. The number of rotatable bonds is 11. The maximum absolute atomic E-state index is 12.8. The number of amides is 1. The lowest BCUT2D eigenvalue weighted by Crippen LogP contribution is -2.62. The van der Waals surface area contributed by atoms with Gasteiger partial charge in [-0.1, -0.05) is 5.92 Å². The smallest absolute Gasteiger partial charge is 0.344 e. The molecule has 1 rings (SSSR count). The number of ether oxygens (including phenoxy) is 4. The summed E-state index contributed by atoms with van der Waals surface area (Å²) in [5.74, 6) is -0.693. The Balaban J connectivity index is 3.70. The van der Waals surface area contributed by atoms with Gasteiger partial charge in [0.2, 0.25) is 11.4 Å². The predicted octanol–water partition coefficient (Wildman–Crippen LogP) is 1.16. The average Bonchev–Trinajstić information content (AvgIpc) is 2.71. The minimum absolute atomic E-state index is 0.00621. The molecule has 0 unspecified atom stereocenters. The largest absolute Gasteiger partial charge is 0.493 e. The molecule has 0 fully saturated rings. The Kier molecular flexibility index (Phi) is 9.27. The second-order valence-electron chi connectivity index (χ2n) is 6.09. The first kappa shape index (κ1) is 25.2. The van der Waals surface area contributed by atoms with Crippen LogP contribution < -0.4 is 14.8 Å². The molecule has 0 saturated heterocycles. The molecule has 0 radical (unpaired) electrons. The summed E-state index contributed by atoms with van der Waals surface area (Å²) in [5, 5.41) is 14.0. The van der Waals surface area contributed by atoms with Crippen LogP contribution >= 0.6 is 0 Å². The molecule has 0 aliphatic carbocycles. The first-order valence-corrected chi connectivity index (χ1v) is 9.21. The van der Waals surface area contributed by atoms with Crippen molar-refractivity contribution in [3.63, 3.8) is 0 Å². The molecule has 1 aromatic carbocycles. The van der Waals surface area contributed by atoms with E-state index in [1.165, 1.54) is 27.0 Å². The third-order valence-corrected chi connectivity index (χ3v) is 3.97. The fraction of sp³-hybridized carbons (Fsp3) is 0.450. The van der Waals surface area contributed by atoms with Crippen LogP contribution in [0.5, 0.6) is 11.5 Å². The SMILES string of the molecule is C#CCOc1cc([N+](=O)[O-])c(CC(NC(C)=O)(C(=O)OCC)C(=O)OCC)cc1OC. The van der Waals surface area contributed by atoms with Gasteiger partial charge < -0.3 is 24.3 Å². The van der Waals surface area contributed by atoms with Crippen LogP contribution in [-0.2, 0) is 30.3 Å². The van der Waals surface area contributed by atoms with Crippen molar-refractivity contribution >= 4 is 23.5 Å². The molecule has 1 amide bonds. The number of terminal acetylenes is 1. The maximum atomic E-state index is 12.8. The van der Waals surface area contributed by atoms with Crippen molar-refractivity contribution in [2.75, 3.05) is 26.9 Å². The molecule has 0 aromatic heterocycles. The summed E-state index contributed by atoms with van der Waals surface area (Å²) in [5.41, 5.74) is -2.95. The summed E-state index contributed by atoms with van der Waals surface area (Å²) in [6.07, 6.45) is 4.52. The number of nitro benzene ring substituents is 1. The zero-order valence-electron chi connectivity index (χ0n) is 17.7. The number of carbonyl (C=O) groups is 3. The van der Waals surface area contributed by atoms with Crippen molar-refractivity contribution in [1.29, 1.82) is 0 Å². The third-order valence-electron chi connectivity index (χ3n) is 3.97. The summed E-state index contributed by atoms with van der Waals surface area (Å²) < 4.78 is 20.4. The number of hydrogen-bond donors (Lipinski definition) is 1. The van der Waals surface area contributed by atoms with E-state index in [0.717, 1.165) is 13.0 Å². The van der Waals surface area contributed by atoms with Crippen LogP contribution in [0.15, 0.2) is 12.1 Å². The first-order chi connectivity index (χ1) is 14.7. The first-order valence-electron chi connectivity index (χ1n) is 9.21. The molecule has 0 saturated carbocycles. The number of methoxy groups -OCH3 is 1. The van der Waals surface area contributed by atoms with Crippen LogP contribution in [0.2, 0.25) is 0 Å². The molecule has 11 heteroatoms. The van der Waals surface area contributed by atoms with Gasteiger partial charge in [0.05, 0.1) is 31.3 Å². The molecule has 1 aromatic rings. The zero-order valence-corrected chi connectivity index (χ0v) is 17.7. The van der Waals surface area contributed by atoms with Crippen molar-refractivity contribution < 1.29 is 38.3 Å². The van der Waals surface area contributed by atoms with Gasteiger partial charge in [-0.15, -0.1) is 6.42 Å². The summed E-state index contributed by atoms with van der Waals surface area (Å²) >= 11 is 0. The Morgan fingerprint density at radius 1 is 1.16 bits per heavy atom. The number of carbonyl (C=O) groups excluding carboxylic acids is 3. The van der Waals surface area contributed by atoms with Crippen molar-refractivity contribution in [2.45, 2.75) is 32.7 Å². The molecular formula is C20H24N2O9. The number of nitro groups is 1. The molecular weight excluding hydrogens is 412 g/mol. The molecule has 0 atom stereocenters. The van der Waals surface area contributed by atoms with Gasteiger partial charge >= 0.3 is 11.9 Å². The van der Waals surface area contributed by atoms with Crippen molar-refractivity contribution in [1.82, 2.24) is 5.32 Å². The lowest BCUT2D eigenvalue weighted by Gasteiger charge is -2.29. The molecule has 0 spiro atoms. The van der Waals surface area contributed by atoms with Gasteiger partial charge in [0.25, 0.3) is 5.69 Å². The highest BCUT2D eigenvalue weighted by Crippen LogP contribution is 2.37. The highest BCUT2D eigenvalue weighted by Gasteiger charge is 2.51. The number of hydrogen-bond acceptors (Lipinski definition) is 9. The zero-order chi connectivity index (χ0) is 23.6. The van der Waals surface area contributed by atoms with Crippen LogP contribution in [0.25, 0.3) is 0 Å². The van der Waals surface area contributed by atoms with E-state index >= 15 is 0 Å². The number of nitrogens with one attached hydrogen (secondary N) is 1. The molecule has 31 heavy (non-hydrogen) atoms. The van der Waals surface area contributed by atoms with Gasteiger partial charge in [-0.3, -0.25) is 14.9 Å². The van der Waals surface area contributed by atoms with E-state index in [9.17, 15) is 24.5 Å². The van der Waals surface area contributed by atoms with E-state index in [0.29, 0.717) is 0 Å². The summed E-state index contributed by atoms with van der Waals surface area (Å²) in [7, 11) is 1.30. The fourth-order valence-electron chi connectivity index (χ4n) is 2.76. The summed E-state index contributed by atoms with van der Waals surface area (Å²) in [6, 6.07) is 2.28. The molecule has 0 aliphatic rings. The Bertz CT molecular complexity index is 871. The third kappa shape index (κ3) is 6.08. The fourth-order valence-corrected chi connectivity index (χ4v) is 2.76.